The lowest BCUT2D eigenvalue weighted by atomic mass is 10.1. The molecule has 1 aromatic carbocycles. The predicted octanol–water partition coefficient (Wildman–Crippen LogP) is 2.46. The highest BCUT2D eigenvalue weighted by Crippen LogP contribution is 2.25. The molecule has 1 amide bonds. The van der Waals surface area contributed by atoms with E-state index in [9.17, 15) is 4.79 Å². The number of hydrogen-bond acceptors (Lipinski definition) is 3. The van der Waals surface area contributed by atoms with Crippen molar-refractivity contribution in [2.45, 2.75) is 31.1 Å². The first-order chi connectivity index (χ1) is 8.79. The fraction of sp³-hybridized carbons (Fsp3) is 0.429. The third kappa shape index (κ3) is 3.51. The van der Waals surface area contributed by atoms with Crippen molar-refractivity contribution in [3.05, 3.63) is 35.4 Å². The Kier molecular flexibility index (Phi) is 4.66. The van der Waals surface area contributed by atoms with Crippen molar-refractivity contribution in [3.63, 3.8) is 0 Å². The van der Waals surface area contributed by atoms with Gasteiger partial charge in [-0.2, -0.15) is 5.26 Å². The molecule has 1 atom stereocenters. The number of nitrogens with zero attached hydrogens (tertiary/aromatic N) is 1. The number of amides is 1. The van der Waals surface area contributed by atoms with Gasteiger partial charge in [-0.1, -0.05) is 18.6 Å². The van der Waals surface area contributed by atoms with E-state index in [-0.39, 0.29) is 11.2 Å². The van der Waals surface area contributed by atoms with Gasteiger partial charge in [0.1, 0.15) is 0 Å². The molecule has 1 N–H and O–H groups in total. The summed E-state index contributed by atoms with van der Waals surface area (Å²) in [5.41, 5.74) is 1.61. The van der Waals surface area contributed by atoms with Crippen LogP contribution >= 0.6 is 11.8 Å². The van der Waals surface area contributed by atoms with Crippen LogP contribution in [-0.4, -0.2) is 16.9 Å². The van der Waals surface area contributed by atoms with Crippen molar-refractivity contribution in [1.29, 1.82) is 5.26 Å². The molecule has 0 saturated carbocycles. The molecule has 94 valence electrons. The SMILES string of the molecule is N#Cc1cccc(CNC(=O)C2CCCCS2)c1. The second-order valence-electron chi connectivity index (χ2n) is 4.39. The van der Waals surface area contributed by atoms with Crippen LogP contribution in [0.25, 0.3) is 0 Å². The quantitative estimate of drug-likeness (QED) is 0.908. The molecule has 1 saturated heterocycles. The lowest BCUT2D eigenvalue weighted by Gasteiger charge is -2.20. The molecule has 1 aliphatic rings. The van der Waals surface area contributed by atoms with E-state index in [1.165, 1.54) is 6.42 Å². The Balaban J connectivity index is 1.86. The first kappa shape index (κ1) is 13.0. The van der Waals surface area contributed by atoms with Crippen LogP contribution in [0.5, 0.6) is 0 Å². The fourth-order valence-electron chi connectivity index (χ4n) is 2.00. The number of hydrogen-bond donors (Lipinski definition) is 1. The highest BCUT2D eigenvalue weighted by molar-refractivity contribution is 8.00. The minimum absolute atomic E-state index is 0.109. The van der Waals surface area contributed by atoms with Gasteiger partial charge in [-0.25, -0.2) is 0 Å². The lowest BCUT2D eigenvalue weighted by molar-refractivity contribution is -0.120. The smallest absolute Gasteiger partial charge is 0.233 e. The van der Waals surface area contributed by atoms with Crippen LogP contribution in [0.4, 0.5) is 0 Å². The van der Waals surface area contributed by atoms with Gasteiger partial charge in [0, 0.05) is 6.54 Å². The molecule has 0 bridgehead atoms. The largest absolute Gasteiger partial charge is 0.351 e. The van der Waals surface area contributed by atoms with E-state index in [1.54, 1.807) is 17.8 Å². The summed E-state index contributed by atoms with van der Waals surface area (Å²) in [5, 5.41) is 11.9. The van der Waals surface area contributed by atoms with E-state index in [4.69, 9.17) is 5.26 Å². The number of benzene rings is 1. The Morgan fingerprint density at radius 3 is 3.11 bits per heavy atom. The van der Waals surface area contributed by atoms with Gasteiger partial charge in [-0.3, -0.25) is 4.79 Å². The second-order valence-corrected chi connectivity index (χ2v) is 5.70. The molecule has 0 radical (unpaired) electrons. The van der Waals surface area contributed by atoms with Crippen LogP contribution in [0.1, 0.15) is 30.4 Å². The van der Waals surface area contributed by atoms with E-state index in [0.717, 1.165) is 24.2 Å². The Bertz CT molecular complexity index is 461. The van der Waals surface area contributed by atoms with Gasteiger partial charge in [-0.05, 0) is 36.3 Å². The van der Waals surface area contributed by atoms with E-state index in [1.807, 2.05) is 18.2 Å². The van der Waals surface area contributed by atoms with Crippen LogP contribution in [0, 0.1) is 11.3 Å². The van der Waals surface area contributed by atoms with Gasteiger partial charge in [0.15, 0.2) is 0 Å². The molecule has 18 heavy (non-hydrogen) atoms. The molecule has 1 fully saturated rings. The zero-order valence-corrected chi connectivity index (χ0v) is 11.0. The molecular weight excluding hydrogens is 244 g/mol. The van der Waals surface area contributed by atoms with Crippen molar-refractivity contribution >= 4 is 17.7 Å². The van der Waals surface area contributed by atoms with Crippen LogP contribution in [0.15, 0.2) is 24.3 Å². The molecule has 1 unspecified atom stereocenters. The van der Waals surface area contributed by atoms with Gasteiger partial charge in [0.25, 0.3) is 0 Å². The molecule has 2 rings (SSSR count). The molecule has 1 heterocycles. The van der Waals surface area contributed by atoms with Gasteiger partial charge in [-0.15, -0.1) is 11.8 Å². The predicted molar refractivity (Wildman–Crippen MR) is 73.1 cm³/mol. The van der Waals surface area contributed by atoms with Gasteiger partial charge in [0.2, 0.25) is 5.91 Å². The number of carbonyl (C=O) groups excluding carboxylic acids is 1. The Morgan fingerprint density at radius 1 is 1.50 bits per heavy atom. The van der Waals surface area contributed by atoms with E-state index >= 15 is 0 Å². The van der Waals surface area contributed by atoms with E-state index < -0.39 is 0 Å². The number of rotatable bonds is 3. The van der Waals surface area contributed by atoms with Crippen molar-refractivity contribution in [2.75, 3.05) is 5.75 Å². The van der Waals surface area contributed by atoms with Crippen molar-refractivity contribution in [2.24, 2.45) is 0 Å². The maximum Gasteiger partial charge on any atom is 0.233 e. The minimum Gasteiger partial charge on any atom is -0.351 e. The first-order valence-corrected chi connectivity index (χ1v) is 7.23. The monoisotopic (exact) mass is 260 g/mol. The van der Waals surface area contributed by atoms with Gasteiger partial charge in [0.05, 0.1) is 16.9 Å². The average molecular weight is 260 g/mol. The maximum absolute atomic E-state index is 11.9. The molecule has 3 nitrogen and oxygen atoms in total. The number of nitriles is 1. The summed E-state index contributed by atoms with van der Waals surface area (Å²) < 4.78 is 0. The number of nitrogens with one attached hydrogen (secondary N) is 1. The molecule has 4 heteroatoms. The van der Waals surface area contributed by atoms with Crippen molar-refractivity contribution < 1.29 is 4.79 Å². The van der Waals surface area contributed by atoms with Crippen LogP contribution in [0.3, 0.4) is 0 Å². The molecular formula is C14H16N2OS. The summed E-state index contributed by atoms with van der Waals surface area (Å²) in [6.07, 6.45) is 3.35. The second kappa shape index (κ2) is 6.46. The normalized spacial score (nSPS) is 18.9. The molecule has 0 spiro atoms. The van der Waals surface area contributed by atoms with Crippen molar-refractivity contribution in [3.8, 4) is 6.07 Å². The minimum atomic E-state index is 0.109. The lowest BCUT2D eigenvalue weighted by Crippen LogP contribution is -2.33. The average Bonchev–Trinajstić information content (AvgIpc) is 2.46. The first-order valence-electron chi connectivity index (χ1n) is 6.18. The molecule has 0 aromatic heterocycles. The Hall–Kier alpha value is -1.47. The number of thioether (sulfide) groups is 1. The third-order valence-corrected chi connectivity index (χ3v) is 4.37. The Morgan fingerprint density at radius 2 is 2.39 bits per heavy atom. The zero-order valence-electron chi connectivity index (χ0n) is 10.2. The van der Waals surface area contributed by atoms with Crippen LogP contribution in [0.2, 0.25) is 0 Å². The summed E-state index contributed by atoms with van der Waals surface area (Å²) in [7, 11) is 0. The topological polar surface area (TPSA) is 52.9 Å². The standard InChI is InChI=1S/C14H16N2OS/c15-9-11-4-3-5-12(8-11)10-16-14(17)13-6-1-2-7-18-13/h3-5,8,13H,1-2,6-7,10H2,(H,16,17). The fourth-order valence-corrected chi connectivity index (χ4v) is 3.22. The van der Waals surface area contributed by atoms with Gasteiger partial charge < -0.3 is 5.32 Å². The van der Waals surface area contributed by atoms with Crippen molar-refractivity contribution in [1.82, 2.24) is 5.32 Å². The zero-order chi connectivity index (χ0) is 12.8. The number of carbonyl (C=O) groups is 1. The highest BCUT2D eigenvalue weighted by Gasteiger charge is 2.21. The van der Waals surface area contributed by atoms with Crippen LogP contribution in [-0.2, 0) is 11.3 Å². The summed E-state index contributed by atoms with van der Waals surface area (Å²) in [6.45, 7) is 0.505. The van der Waals surface area contributed by atoms with E-state index in [0.29, 0.717) is 12.1 Å². The maximum atomic E-state index is 11.9. The van der Waals surface area contributed by atoms with Gasteiger partial charge >= 0.3 is 0 Å². The van der Waals surface area contributed by atoms with E-state index in [2.05, 4.69) is 11.4 Å². The molecule has 0 aliphatic carbocycles. The highest BCUT2D eigenvalue weighted by atomic mass is 32.2. The third-order valence-electron chi connectivity index (χ3n) is 2.99. The summed E-state index contributed by atoms with van der Waals surface area (Å²) in [4.78, 5) is 11.9. The summed E-state index contributed by atoms with van der Waals surface area (Å²) >= 11 is 1.75. The Labute approximate surface area is 112 Å². The van der Waals surface area contributed by atoms with Crippen LogP contribution < -0.4 is 5.32 Å². The summed E-state index contributed by atoms with van der Waals surface area (Å²) in [5.74, 6) is 1.21. The molecule has 1 aliphatic heterocycles. The molecule has 1 aromatic rings. The summed E-state index contributed by atoms with van der Waals surface area (Å²) in [6, 6.07) is 9.45.